The molecule has 6 heterocycles. The van der Waals surface area contributed by atoms with Gasteiger partial charge in [-0.25, -0.2) is 9.37 Å². The summed E-state index contributed by atoms with van der Waals surface area (Å²) in [5.41, 5.74) is 3.21. The Labute approximate surface area is 210 Å². The number of rotatable bonds is 4. The van der Waals surface area contributed by atoms with Crippen molar-refractivity contribution in [3.05, 3.63) is 41.8 Å². The van der Waals surface area contributed by atoms with Gasteiger partial charge in [-0.2, -0.15) is 0 Å². The first-order valence-corrected chi connectivity index (χ1v) is 13.0. The normalized spacial score (nSPS) is 27.3. The Bertz CT molecular complexity index is 1130. The summed E-state index contributed by atoms with van der Waals surface area (Å²) >= 11 is 0. The molecule has 2 aromatic rings. The molecule has 0 unspecified atom stereocenters. The van der Waals surface area contributed by atoms with Gasteiger partial charge in [-0.05, 0) is 63.8 Å². The van der Waals surface area contributed by atoms with Gasteiger partial charge in [0.2, 0.25) is 0 Å². The first kappa shape index (κ1) is 23.6. The number of carbonyl (C=O) groups excluding carboxylic acids is 1. The fourth-order valence-electron chi connectivity index (χ4n) is 5.78. The van der Waals surface area contributed by atoms with Crippen LogP contribution in [0.5, 0.6) is 0 Å². The lowest BCUT2D eigenvalue weighted by Gasteiger charge is -2.46. The molecule has 0 aliphatic carbocycles. The van der Waals surface area contributed by atoms with E-state index in [1.54, 1.807) is 4.90 Å². The summed E-state index contributed by atoms with van der Waals surface area (Å²) in [7, 11) is 0. The van der Waals surface area contributed by atoms with Crippen LogP contribution in [0.4, 0.5) is 27.3 Å². The van der Waals surface area contributed by atoms with Crippen LogP contribution in [0, 0.1) is 5.82 Å². The Morgan fingerprint density at radius 2 is 2.06 bits per heavy atom. The van der Waals surface area contributed by atoms with Crippen LogP contribution in [-0.4, -0.2) is 61.1 Å². The number of benzene rings is 1. The van der Waals surface area contributed by atoms with Gasteiger partial charge in [-0.3, -0.25) is 4.79 Å². The topological polar surface area (TPSA) is 76.2 Å². The van der Waals surface area contributed by atoms with E-state index in [0.29, 0.717) is 30.5 Å². The number of hydrogen-bond acceptors (Lipinski definition) is 7. The second-order valence-electron chi connectivity index (χ2n) is 10.5. The number of amides is 1. The fraction of sp³-hybridized carbons (Fsp3) is 0.556. The Morgan fingerprint density at radius 3 is 2.75 bits per heavy atom. The van der Waals surface area contributed by atoms with Crippen molar-refractivity contribution in [3.8, 4) is 0 Å². The van der Waals surface area contributed by atoms with E-state index in [2.05, 4.69) is 27.3 Å². The summed E-state index contributed by atoms with van der Waals surface area (Å²) < 4.78 is 31.9. The molecule has 1 N–H and O–H groups in total. The van der Waals surface area contributed by atoms with Crippen LogP contribution in [0.3, 0.4) is 0 Å². The summed E-state index contributed by atoms with van der Waals surface area (Å²) in [5.74, 6) is 0.00132. The summed E-state index contributed by atoms with van der Waals surface area (Å²) in [5, 5.41) is 3.34. The van der Waals surface area contributed by atoms with Crippen molar-refractivity contribution in [2.24, 2.45) is 0 Å². The molecule has 5 aliphatic rings. The van der Waals surface area contributed by atoms with Crippen LogP contribution < -0.4 is 15.1 Å². The zero-order valence-corrected chi connectivity index (χ0v) is 20.8. The lowest BCUT2D eigenvalue weighted by molar-refractivity contribution is -0.143. The molecule has 0 radical (unpaired) electrons. The number of morpholine rings is 1. The average Bonchev–Trinajstić information content (AvgIpc) is 3.05. The molecule has 2 bridgehead atoms. The van der Waals surface area contributed by atoms with Crippen molar-refractivity contribution in [2.45, 2.75) is 76.5 Å². The van der Waals surface area contributed by atoms with Gasteiger partial charge < -0.3 is 29.3 Å². The van der Waals surface area contributed by atoms with Gasteiger partial charge in [0.05, 0.1) is 61.7 Å². The molecule has 0 spiro atoms. The van der Waals surface area contributed by atoms with Crippen molar-refractivity contribution in [3.63, 3.8) is 0 Å². The minimum Gasteiger partial charge on any atom is -0.374 e. The highest BCUT2D eigenvalue weighted by molar-refractivity contribution is 6.01. The molecule has 1 aromatic carbocycles. The van der Waals surface area contributed by atoms with Gasteiger partial charge in [0, 0.05) is 17.8 Å². The van der Waals surface area contributed by atoms with E-state index in [-0.39, 0.29) is 30.8 Å². The van der Waals surface area contributed by atoms with Crippen molar-refractivity contribution in [2.75, 3.05) is 34.9 Å². The number of fused-ring (bicyclic) bond motifs is 5. The Balaban J connectivity index is 1.32. The second-order valence-corrected chi connectivity index (χ2v) is 10.5. The van der Waals surface area contributed by atoms with E-state index in [4.69, 9.17) is 14.2 Å². The van der Waals surface area contributed by atoms with Crippen LogP contribution in [-0.2, 0) is 25.5 Å². The van der Waals surface area contributed by atoms with Crippen LogP contribution in [0.15, 0.2) is 30.5 Å². The van der Waals surface area contributed by atoms with E-state index >= 15 is 0 Å². The maximum atomic E-state index is 14.1. The maximum absolute atomic E-state index is 14.1. The number of piperidine rings is 1. The molecule has 9 heteroatoms. The zero-order chi connectivity index (χ0) is 24.8. The van der Waals surface area contributed by atoms with Crippen LogP contribution in [0.1, 0.15) is 45.1 Å². The molecule has 8 nitrogen and oxygen atoms in total. The third kappa shape index (κ3) is 4.55. The van der Waals surface area contributed by atoms with Crippen molar-refractivity contribution in [1.29, 1.82) is 0 Å². The maximum Gasteiger partial charge on any atom is 0.256 e. The van der Waals surface area contributed by atoms with Crippen molar-refractivity contribution < 1.29 is 23.4 Å². The monoisotopic (exact) mass is 496 g/mol. The van der Waals surface area contributed by atoms with Gasteiger partial charge in [-0.15, -0.1) is 0 Å². The number of ether oxygens (including phenoxy) is 3. The average molecular weight is 497 g/mol. The first-order valence-electron chi connectivity index (χ1n) is 13.0. The van der Waals surface area contributed by atoms with Gasteiger partial charge >= 0.3 is 0 Å². The standard InChI is InChI=1S/C27H33FN4O4/c1-16(2)36-22-6-8-25(35-15-22)27(33)32-12-17-9-18(28)11-29-26(17)30-23-7-4-19(10-24(23)32)31-13-21-5-3-20(31)14-34-21/h4,7,9-11,16,20-22,25H,3,5-6,8,12-15H2,1-2H3,(H,29,30)/t20-,21-,22+,25-/m1/s1. The number of carbonyl (C=O) groups is 1. The number of nitrogens with zero attached hydrogens (tertiary/aromatic N) is 3. The van der Waals surface area contributed by atoms with Crippen molar-refractivity contribution in [1.82, 2.24) is 4.98 Å². The quantitative estimate of drug-likeness (QED) is 0.682. The van der Waals surface area contributed by atoms with Crippen LogP contribution in [0.2, 0.25) is 0 Å². The van der Waals surface area contributed by atoms with Gasteiger partial charge in [0.15, 0.2) is 0 Å². The van der Waals surface area contributed by atoms with E-state index in [1.165, 1.54) is 12.3 Å². The highest BCUT2D eigenvalue weighted by Gasteiger charge is 2.37. The molecule has 192 valence electrons. The molecule has 4 saturated heterocycles. The number of halogens is 1. The molecule has 0 saturated carbocycles. The van der Waals surface area contributed by atoms with Gasteiger partial charge in [0.1, 0.15) is 17.7 Å². The van der Waals surface area contributed by atoms with Crippen LogP contribution >= 0.6 is 0 Å². The molecule has 4 fully saturated rings. The smallest absolute Gasteiger partial charge is 0.256 e. The molecule has 36 heavy (non-hydrogen) atoms. The van der Waals surface area contributed by atoms with E-state index in [0.717, 1.165) is 49.5 Å². The molecular weight excluding hydrogens is 463 g/mol. The number of pyridine rings is 1. The first-order chi connectivity index (χ1) is 17.4. The molecule has 5 aliphatic heterocycles. The molecule has 1 amide bonds. The minimum atomic E-state index is -0.573. The Hall–Kier alpha value is -2.75. The summed E-state index contributed by atoms with van der Waals surface area (Å²) in [6.45, 7) is 6.18. The Morgan fingerprint density at radius 1 is 1.17 bits per heavy atom. The fourth-order valence-corrected chi connectivity index (χ4v) is 5.78. The number of aromatic nitrogens is 1. The number of hydrogen-bond donors (Lipinski definition) is 1. The zero-order valence-electron chi connectivity index (χ0n) is 20.8. The van der Waals surface area contributed by atoms with E-state index in [1.807, 2.05) is 19.9 Å². The van der Waals surface area contributed by atoms with Crippen LogP contribution in [0.25, 0.3) is 0 Å². The Kier molecular flexibility index (Phi) is 6.31. The summed E-state index contributed by atoms with van der Waals surface area (Å²) in [6.07, 6.45) is 4.51. The SMILES string of the molecule is CC(C)O[C@H]1CC[C@H](C(=O)N2Cc3cc(F)cnc3Nc3ccc(N4C[C@H]5CC[C@@H]4CO5)cc32)OC1. The third-order valence-corrected chi connectivity index (χ3v) is 7.55. The molecule has 1 aromatic heterocycles. The highest BCUT2D eigenvalue weighted by Crippen LogP contribution is 2.40. The number of anilines is 4. The minimum absolute atomic E-state index is 0.00509. The van der Waals surface area contributed by atoms with Gasteiger partial charge in [0.25, 0.3) is 5.91 Å². The highest BCUT2D eigenvalue weighted by atomic mass is 19.1. The summed E-state index contributed by atoms with van der Waals surface area (Å²) in [6, 6.07) is 7.91. The molecule has 4 atom stereocenters. The predicted octanol–water partition coefficient (Wildman–Crippen LogP) is 4.15. The third-order valence-electron chi connectivity index (χ3n) is 7.55. The van der Waals surface area contributed by atoms with E-state index in [9.17, 15) is 9.18 Å². The summed E-state index contributed by atoms with van der Waals surface area (Å²) in [4.78, 5) is 22.3. The number of nitrogens with one attached hydrogen (secondary N) is 1. The lowest BCUT2D eigenvalue weighted by atomic mass is 9.96. The van der Waals surface area contributed by atoms with Gasteiger partial charge in [-0.1, -0.05) is 0 Å². The van der Waals surface area contributed by atoms with Crippen molar-refractivity contribution >= 4 is 28.8 Å². The molecular formula is C27H33FN4O4. The second kappa shape index (κ2) is 9.61. The predicted molar refractivity (Wildman–Crippen MR) is 134 cm³/mol. The van der Waals surface area contributed by atoms with E-state index < -0.39 is 11.9 Å². The largest absolute Gasteiger partial charge is 0.374 e. The molecule has 7 rings (SSSR count). The lowest BCUT2D eigenvalue weighted by Crippen LogP contribution is -2.54.